The minimum atomic E-state index is -0.999. The molecule has 6 nitrogen and oxygen atoms in total. The van der Waals surface area contributed by atoms with Gasteiger partial charge in [-0.15, -0.1) is 6.58 Å². The van der Waals surface area contributed by atoms with E-state index in [2.05, 4.69) is 18.5 Å². The predicted octanol–water partition coefficient (Wildman–Crippen LogP) is 2.07. The second-order valence-corrected chi connectivity index (χ2v) is 5.13. The van der Waals surface area contributed by atoms with Crippen LogP contribution >= 0.6 is 0 Å². The molecule has 0 saturated carbocycles. The topological polar surface area (TPSA) is 92.7 Å². The van der Waals surface area contributed by atoms with Crippen LogP contribution in [0.25, 0.3) is 0 Å². The van der Waals surface area contributed by atoms with E-state index in [1.807, 2.05) is 30.3 Å². The number of ether oxygens (including phenoxy) is 1. The smallest absolute Gasteiger partial charge is 0.333 e. The summed E-state index contributed by atoms with van der Waals surface area (Å²) in [6.07, 6.45) is 2.57. The summed E-state index contributed by atoms with van der Waals surface area (Å²) >= 11 is 0. The van der Waals surface area contributed by atoms with Crippen molar-refractivity contribution in [3.8, 4) is 0 Å². The number of benzene rings is 1. The number of aliphatic carboxylic acids is 1. The Balaban J connectivity index is 2.80. The van der Waals surface area contributed by atoms with Gasteiger partial charge in [0.15, 0.2) is 0 Å². The van der Waals surface area contributed by atoms with Crippen molar-refractivity contribution in [1.82, 2.24) is 5.32 Å². The molecule has 2 atom stereocenters. The number of carbonyl (C=O) groups is 3. The number of carboxylic acids is 1. The van der Waals surface area contributed by atoms with E-state index in [4.69, 9.17) is 9.84 Å². The van der Waals surface area contributed by atoms with Crippen LogP contribution in [0.3, 0.4) is 0 Å². The zero-order chi connectivity index (χ0) is 17.9. The Bertz CT molecular complexity index is 597. The molecule has 0 aliphatic carbocycles. The molecule has 128 valence electrons. The molecule has 0 aliphatic heterocycles. The number of rotatable bonds is 10. The van der Waals surface area contributed by atoms with Crippen LogP contribution in [0.5, 0.6) is 0 Å². The molecule has 1 aromatic carbocycles. The summed E-state index contributed by atoms with van der Waals surface area (Å²) in [5.41, 5.74) is 0.851. The molecular formula is C18H21NO5. The first-order valence-electron chi connectivity index (χ1n) is 7.48. The normalized spacial score (nSPS) is 12.5. The molecule has 0 heterocycles. The minimum absolute atomic E-state index is 0.110. The van der Waals surface area contributed by atoms with Crippen LogP contribution in [0.2, 0.25) is 0 Å². The Kier molecular flexibility index (Phi) is 7.98. The Labute approximate surface area is 140 Å². The van der Waals surface area contributed by atoms with Crippen molar-refractivity contribution >= 4 is 17.8 Å². The third-order valence-corrected chi connectivity index (χ3v) is 3.37. The summed E-state index contributed by atoms with van der Waals surface area (Å²) in [6.45, 7) is 6.88. The SMILES string of the molecule is C=COC(=O)[C@H](Cc1ccccc1)NC(=O)C(C=C)CCC(=O)O. The maximum Gasteiger partial charge on any atom is 0.333 e. The van der Waals surface area contributed by atoms with Crippen molar-refractivity contribution in [1.29, 1.82) is 0 Å². The van der Waals surface area contributed by atoms with Crippen LogP contribution in [0.15, 0.2) is 55.8 Å². The highest BCUT2D eigenvalue weighted by atomic mass is 16.5. The fourth-order valence-electron chi connectivity index (χ4n) is 2.12. The lowest BCUT2D eigenvalue weighted by molar-refractivity contribution is -0.143. The maximum absolute atomic E-state index is 12.3. The lowest BCUT2D eigenvalue weighted by Gasteiger charge is -2.19. The van der Waals surface area contributed by atoms with Crippen molar-refractivity contribution in [2.24, 2.45) is 5.92 Å². The van der Waals surface area contributed by atoms with Crippen molar-refractivity contribution in [2.45, 2.75) is 25.3 Å². The molecule has 2 N–H and O–H groups in total. The molecule has 0 aromatic heterocycles. The monoisotopic (exact) mass is 331 g/mol. The molecular weight excluding hydrogens is 310 g/mol. The van der Waals surface area contributed by atoms with Crippen molar-refractivity contribution in [3.63, 3.8) is 0 Å². The lowest BCUT2D eigenvalue weighted by Crippen LogP contribution is -2.45. The van der Waals surface area contributed by atoms with Gasteiger partial charge < -0.3 is 15.2 Å². The highest BCUT2D eigenvalue weighted by Gasteiger charge is 2.25. The molecule has 0 bridgehead atoms. The zero-order valence-corrected chi connectivity index (χ0v) is 13.3. The Morgan fingerprint density at radius 3 is 2.42 bits per heavy atom. The summed E-state index contributed by atoms with van der Waals surface area (Å²) in [5, 5.41) is 11.3. The van der Waals surface area contributed by atoms with Crippen LogP contribution in [-0.4, -0.2) is 29.0 Å². The molecule has 0 radical (unpaired) electrons. The third-order valence-electron chi connectivity index (χ3n) is 3.37. The molecule has 0 aliphatic rings. The quantitative estimate of drug-likeness (QED) is 0.389. The van der Waals surface area contributed by atoms with E-state index in [9.17, 15) is 14.4 Å². The Morgan fingerprint density at radius 2 is 1.88 bits per heavy atom. The fourth-order valence-corrected chi connectivity index (χ4v) is 2.12. The van der Waals surface area contributed by atoms with Gasteiger partial charge in [-0.25, -0.2) is 4.79 Å². The van der Waals surface area contributed by atoms with Crippen LogP contribution in [0, 0.1) is 5.92 Å². The van der Waals surface area contributed by atoms with Crippen molar-refractivity contribution in [2.75, 3.05) is 0 Å². The van der Waals surface area contributed by atoms with Gasteiger partial charge in [0.1, 0.15) is 6.04 Å². The second kappa shape index (κ2) is 9.99. The van der Waals surface area contributed by atoms with Gasteiger partial charge in [-0.05, 0) is 12.0 Å². The number of hydrogen-bond acceptors (Lipinski definition) is 4. The molecule has 24 heavy (non-hydrogen) atoms. The van der Waals surface area contributed by atoms with E-state index in [0.717, 1.165) is 11.8 Å². The summed E-state index contributed by atoms with van der Waals surface area (Å²) in [7, 11) is 0. The van der Waals surface area contributed by atoms with Crippen LogP contribution < -0.4 is 5.32 Å². The highest BCUT2D eigenvalue weighted by molar-refractivity contribution is 5.87. The maximum atomic E-state index is 12.3. The van der Waals surface area contributed by atoms with E-state index >= 15 is 0 Å². The number of hydrogen-bond donors (Lipinski definition) is 2. The molecule has 1 aromatic rings. The van der Waals surface area contributed by atoms with Gasteiger partial charge in [-0.1, -0.05) is 43.0 Å². The lowest BCUT2D eigenvalue weighted by atomic mass is 10.0. The largest absolute Gasteiger partial charge is 0.481 e. The van der Waals surface area contributed by atoms with E-state index < -0.39 is 29.8 Å². The molecule has 0 fully saturated rings. The van der Waals surface area contributed by atoms with Gasteiger partial charge in [0.2, 0.25) is 5.91 Å². The van der Waals surface area contributed by atoms with Crippen LogP contribution in [0.4, 0.5) is 0 Å². The van der Waals surface area contributed by atoms with E-state index in [1.165, 1.54) is 6.08 Å². The first-order valence-corrected chi connectivity index (χ1v) is 7.48. The van der Waals surface area contributed by atoms with Gasteiger partial charge >= 0.3 is 11.9 Å². The summed E-state index contributed by atoms with van der Waals surface area (Å²) in [6, 6.07) is 8.26. The van der Waals surface area contributed by atoms with Gasteiger partial charge in [0.05, 0.1) is 12.2 Å². The number of carboxylic acid groups (broad SMARTS) is 1. The van der Waals surface area contributed by atoms with Crippen LogP contribution in [-0.2, 0) is 25.5 Å². The standard InChI is InChI=1S/C18H21NO5/c1-3-14(10-11-16(20)21)17(22)19-15(18(23)24-4-2)12-13-8-6-5-7-9-13/h3-9,14-15H,1-2,10-12H2,(H,19,22)(H,20,21)/t14?,15-/m0/s1. The fraction of sp³-hybridized carbons (Fsp3) is 0.278. The number of carbonyl (C=O) groups excluding carboxylic acids is 2. The van der Waals surface area contributed by atoms with Gasteiger partial charge in [0, 0.05) is 12.8 Å². The third kappa shape index (κ3) is 6.48. The number of nitrogens with one attached hydrogen (secondary N) is 1. The van der Waals surface area contributed by atoms with Crippen molar-refractivity contribution in [3.05, 3.63) is 61.4 Å². The highest BCUT2D eigenvalue weighted by Crippen LogP contribution is 2.11. The molecule has 6 heteroatoms. The molecule has 0 spiro atoms. The minimum Gasteiger partial charge on any atom is -0.481 e. The second-order valence-electron chi connectivity index (χ2n) is 5.13. The number of amides is 1. The average molecular weight is 331 g/mol. The average Bonchev–Trinajstić information content (AvgIpc) is 2.55. The van der Waals surface area contributed by atoms with E-state index in [1.54, 1.807) is 0 Å². The van der Waals surface area contributed by atoms with Gasteiger partial charge in [-0.3, -0.25) is 9.59 Å². The zero-order valence-electron chi connectivity index (χ0n) is 13.3. The Morgan fingerprint density at radius 1 is 1.21 bits per heavy atom. The summed E-state index contributed by atoms with van der Waals surface area (Å²) in [4.78, 5) is 35.0. The summed E-state index contributed by atoms with van der Waals surface area (Å²) in [5.74, 6) is -2.80. The van der Waals surface area contributed by atoms with E-state index in [0.29, 0.717) is 0 Å². The molecule has 1 amide bonds. The Hall–Kier alpha value is -2.89. The number of esters is 1. The summed E-state index contributed by atoms with van der Waals surface area (Å²) < 4.78 is 4.78. The molecule has 1 rings (SSSR count). The van der Waals surface area contributed by atoms with Gasteiger partial charge in [0.25, 0.3) is 0 Å². The predicted molar refractivity (Wildman–Crippen MR) is 88.9 cm³/mol. The molecule has 1 unspecified atom stereocenters. The van der Waals surface area contributed by atoms with Crippen LogP contribution in [0.1, 0.15) is 18.4 Å². The molecule has 0 saturated heterocycles. The van der Waals surface area contributed by atoms with E-state index in [-0.39, 0.29) is 19.3 Å². The van der Waals surface area contributed by atoms with Gasteiger partial charge in [-0.2, -0.15) is 0 Å². The first kappa shape index (κ1) is 19.2. The first-order chi connectivity index (χ1) is 11.5. The van der Waals surface area contributed by atoms with Crippen molar-refractivity contribution < 1.29 is 24.2 Å².